The second kappa shape index (κ2) is 6.32. The average molecular weight is 296 g/mol. The van der Waals surface area contributed by atoms with E-state index in [1.165, 1.54) is 18.4 Å². The molecule has 1 fully saturated rings. The van der Waals surface area contributed by atoms with Gasteiger partial charge in [0.05, 0.1) is 11.7 Å². The predicted octanol–water partition coefficient (Wildman–Crippen LogP) is 3.97. The van der Waals surface area contributed by atoms with Crippen LogP contribution in [0.3, 0.4) is 0 Å². The van der Waals surface area contributed by atoms with Crippen molar-refractivity contribution in [2.45, 2.75) is 38.4 Å². The molecule has 0 amide bonds. The number of benzene rings is 2. The van der Waals surface area contributed by atoms with Crippen molar-refractivity contribution in [2.75, 3.05) is 0 Å². The number of carbonyl (C=O) groups is 1. The number of rotatable bonds is 5. The zero-order valence-corrected chi connectivity index (χ0v) is 12.7. The summed E-state index contributed by atoms with van der Waals surface area (Å²) in [4.78, 5) is 12.0. The van der Waals surface area contributed by atoms with Gasteiger partial charge in [-0.15, -0.1) is 0 Å². The van der Waals surface area contributed by atoms with Crippen molar-refractivity contribution in [2.24, 2.45) is 0 Å². The maximum absolute atomic E-state index is 12.0. The SMILES string of the molecule is CC(O)c1ccc(COC(=O)c2ccccc2)cc1C1CC1. The molecule has 0 spiro atoms. The molecule has 3 rings (SSSR count). The molecule has 3 heteroatoms. The molecule has 0 radical (unpaired) electrons. The highest BCUT2D eigenvalue weighted by molar-refractivity contribution is 5.89. The first-order valence-corrected chi connectivity index (χ1v) is 7.68. The number of aliphatic hydroxyl groups excluding tert-OH is 1. The summed E-state index contributed by atoms with van der Waals surface area (Å²) in [6.07, 6.45) is 1.89. The molecule has 0 saturated heterocycles. The molecular weight excluding hydrogens is 276 g/mol. The maximum Gasteiger partial charge on any atom is 0.338 e. The second-order valence-corrected chi connectivity index (χ2v) is 5.86. The van der Waals surface area contributed by atoms with Crippen LogP contribution in [0.1, 0.15) is 58.8 Å². The van der Waals surface area contributed by atoms with E-state index in [9.17, 15) is 9.90 Å². The molecule has 3 nitrogen and oxygen atoms in total. The fourth-order valence-corrected chi connectivity index (χ4v) is 2.65. The van der Waals surface area contributed by atoms with Crippen LogP contribution in [0.4, 0.5) is 0 Å². The van der Waals surface area contributed by atoms with Crippen LogP contribution in [0.5, 0.6) is 0 Å². The number of hydrogen-bond donors (Lipinski definition) is 1. The normalized spacial score (nSPS) is 15.4. The molecular formula is C19H20O3. The first-order valence-electron chi connectivity index (χ1n) is 7.68. The van der Waals surface area contributed by atoms with Crippen LogP contribution in [0.25, 0.3) is 0 Å². The van der Waals surface area contributed by atoms with Crippen molar-refractivity contribution in [1.29, 1.82) is 0 Å². The van der Waals surface area contributed by atoms with Crippen LogP contribution in [-0.4, -0.2) is 11.1 Å². The van der Waals surface area contributed by atoms with Crippen molar-refractivity contribution in [3.63, 3.8) is 0 Å². The quantitative estimate of drug-likeness (QED) is 0.849. The molecule has 1 aliphatic carbocycles. The van der Waals surface area contributed by atoms with Crippen molar-refractivity contribution in [3.8, 4) is 0 Å². The zero-order chi connectivity index (χ0) is 15.5. The Morgan fingerprint density at radius 1 is 1.23 bits per heavy atom. The molecule has 22 heavy (non-hydrogen) atoms. The number of aliphatic hydroxyl groups is 1. The summed E-state index contributed by atoms with van der Waals surface area (Å²) in [5.41, 5.74) is 3.71. The Morgan fingerprint density at radius 3 is 2.59 bits per heavy atom. The van der Waals surface area contributed by atoms with Gasteiger partial charge < -0.3 is 9.84 Å². The maximum atomic E-state index is 12.0. The Morgan fingerprint density at radius 2 is 1.95 bits per heavy atom. The fraction of sp³-hybridized carbons (Fsp3) is 0.316. The van der Waals surface area contributed by atoms with Gasteiger partial charge in [-0.25, -0.2) is 4.79 Å². The minimum atomic E-state index is -0.462. The molecule has 1 atom stereocenters. The molecule has 0 aromatic heterocycles. The summed E-state index contributed by atoms with van der Waals surface area (Å²) in [6.45, 7) is 2.05. The third-order valence-corrected chi connectivity index (χ3v) is 4.00. The van der Waals surface area contributed by atoms with E-state index in [1.807, 2.05) is 30.3 Å². The summed E-state index contributed by atoms with van der Waals surface area (Å²) in [5.74, 6) is 0.238. The first-order chi connectivity index (χ1) is 10.6. The van der Waals surface area contributed by atoms with E-state index < -0.39 is 6.10 Å². The Hall–Kier alpha value is -2.13. The van der Waals surface area contributed by atoms with Gasteiger partial charge >= 0.3 is 5.97 Å². The van der Waals surface area contributed by atoms with Gasteiger partial charge in [0.1, 0.15) is 6.61 Å². The van der Waals surface area contributed by atoms with Crippen LogP contribution in [0, 0.1) is 0 Å². The molecule has 1 saturated carbocycles. The topological polar surface area (TPSA) is 46.5 Å². The second-order valence-electron chi connectivity index (χ2n) is 5.86. The highest BCUT2D eigenvalue weighted by Gasteiger charge is 2.27. The van der Waals surface area contributed by atoms with E-state index in [0.29, 0.717) is 11.5 Å². The van der Waals surface area contributed by atoms with Crippen molar-refractivity contribution in [3.05, 3.63) is 70.8 Å². The van der Waals surface area contributed by atoms with E-state index in [4.69, 9.17) is 4.74 Å². The van der Waals surface area contributed by atoms with Gasteiger partial charge in [0, 0.05) is 0 Å². The molecule has 0 aliphatic heterocycles. The molecule has 114 valence electrons. The van der Waals surface area contributed by atoms with E-state index >= 15 is 0 Å². The summed E-state index contributed by atoms with van der Waals surface area (Å²) in [7, 11) is 0. The molecule has 0 bridgehead atoms. The van der Waals surface area contributed by atoms with E-state index in [-0.39, 0.29) is 12.6 Å². The van der Waals surface area contributed by atoms with Crippen molar-refractivity contribution in [1.82, 2.24) is 0 Å². The smallest absolute Gasteiger partial charge is 0.338 e. The standard InChI is InChI=1S/C19H20O3/c1-13(20)17-10-7-14(11-18(17)15-8-9-15)12-22-19(21)16-5-3-2-4-6-16/h2-7,10-11,13,15,20H,8-9,12H2,1H3. The van der Waals surface area contributed by atoms with Crippen LogP contribution >= 0.6 is 0 Å². The van der Waals surface area contributed by atoms with Gasteiger partial charge in [-0.05, 0) is 54.5 Å². The lowest BCUT2D eigenvalue weighted by Gasteiger charge is -2.14. The van der Waals surface area contributed by atoms with Crippen LogP contribution < -0.4 is 0 Å². The van der Waals surface area contributed by atoms with Gasteiger partial charge in [0.15, 0.2) is 0 Å². The predicted molar refractivity (Wildman–Crippen MR) is 84.6 cm³/mol. The molecule has 1 aliphatic rings. The minimum Gasteiger partial charge on any atom is -0.457 e. The lowest BCUT2D eigenvalue weighted by molar-refractivity contribution is 0.0472. The van der Waals surface area contributed by atoms with Crippen molar-refractivity contribution >= 4 is 5.97 Å². The zero-order valence-electron chi connectivity index (χ0n) is 12.7. The molecule has 1 unspecified atom stereocenters. The summed E-state index contributed by atoms with van der Waals surface area (Å²) < 4.78 is 5.37. The Bertz CT molecular complexity index is 658. The van der Waals surface area contributed by atoms with Gasteiger partial charge in [-0.1, -0.05) is 36.4 Å². The molecule has 2 aromatic carbocycles. The van der Waals surface area contributed by atoms with Crippen molar-refractivity contribution < 1.29 is 14.6 Å². The third-order valence-electron chi connectivity index (χ3n) is 4.00. The summed E-state index contributed by atoms with van der Waals surface area (Å²) in [5, 5.41) is 9.85. The van der Waals surface area contributed by atoms with Crippen LogP contribution in [0.15, 0.2) is 48.5 Å². The monoisotopic (exact) mass is 296 g/mol. The van der Waals surface area contributed by atoms with Gasteiger partial charge in [0.2, 0.25) is 0 Å². The molecule has 0 heterocycles. The van der Waals surface area contributed by atoms with E-state index in [0.717, 1.165) is 11.1 Å². The highest BCUT2D eigenvalue weighted by atomic mass is 16.5. The Kier molecular flexibility index (Phi) is 4.25. The summed E-state index contributed by atoms with van der Waals surface area (Å²) in [6, 6.07) is 14.9. The summed E-state index contributed by atoms with van der Waals surface area (Å²) >= 11 is 0. The number of carbonyl (C=O) groups excluding carboxylic acids is 1. The minimum absolute atomic E-state index is 0.257. The van der Waals surface area contributed by atoms with Crippen LogP contribution in [0.2, 0.25) is 0 Å². The molecule has 1 N–H and O–H groups in total. The molecule has 2 aromatic rings. The number of ether oxygens (including phenoxy) is 1. The number of hydrogen-bond acceptors (Lipinski definition) is 3. The third kappa shape index (κ3) is 3.37. The highest BCUT2D eigenvalue weighted by Crippen LogP contribution is 2.43. The Labute approximate surface area is 130 Å². The average Bonchev–Trinajstić information content (AvgIpc) is 3.38. The van der Waals surface area contributed by atoms with Gasteiger partial charge in [-0.3, -0.25) is 0 Å². The van der Waals surface area contributed by atoms with Gasteiger partial charge in [0.25, 0.3) is 0 Å². The largest absolute Gasteiger partial charge is 0.457 e. The lowest BCUT2D eigenvalue weighted by atomic mass is 9.97. The first kappa shape index (κ1) is 14.8. The lowest BCUT2D eigenvalue weighted by Crippen LogP contribution is -2.06. The number of esters is 1. The Balaban J connectivity index is 1.70. The van der Waals surface area contributed by atoms with Gasteiger partial charge in [-0.2, -0.15) is 0 Å². The fourth-order valence-electron chi connectivity index (χ4n) is 2.65. The van der Waals surface area contributed by atoms with E-state index in [2.05, 4.69) is 6.07 Å². The van der Waals surface area contributed by atoms with E-state index in [1.54, 1.807) is 19.1 Å². The van der Waals surface area contributed by atoms with Crippen LogP contribution in [-0.2, 0) is 11.3 Å².